The molecule has 6 heteroatoms. The van der Waals surface area contributed by atoms with Crippen molar-refractivity contribution in [3.63, 3.8) is 0 Å². The van der Waals surface area contributed by atoms with Gasteiger partial charge in [-0.15, -0.1) is 11.3 Å². The maximum absolute atomic E-state index is 12.5. The van der Waals surface area contributed by atoms with Crippen molar-refractivity contribution in [3.05, 3.63) is 52.2 Å². The van der Waals surface area contributed by atoms with Gasteiger partial charge in [-0.25, -0.2) is 13.1 Å². The van der Waals surface area contributed by atoms with E-state index in [9.17, 15) is 8.42 Å². The van der Waals surface area contributed by atoms with Gasteiger partial charge in [0.2, 0.25) is 10.0 Å². The molecule has 0 saturated heterocycles. The highest BCUT2D eigenvalue weighted by molar-refractivity contribution is 7.89. The Morgan fingerprint density at radius 3 is 2.67 bits per heavy atom. The molecule has 0 aliphatic carbocycles. The predicted octanol–water partition coefficient (Wildman–Crippen LogP) is 2.90. The molecule has 1 atom stereocenters. The van der Waals surface area contributed by atoms with Gasteiger partial charge >= 0.3 is 0 Å². The van der Waals surface area contributed by atoms with Gasteiger partial charge in [0.1, 0.15) is 0 Å². The quantitative estimate of drug-likeness (QED) is 0.823. The van der Waals surface area contributed by atoms with Crippen LogP contribution in [0, 0.1) is 0 Å². The molecule has 0 saturated carbocycles. The Morgan fingerprint density at radius 2 is 2.05 bits per heavy atom. The van der Waals surface area contributed by atoms with Crippen LogP contribution in [0.2, 0.25) is 0 Å². The summed E-state index contributed by atoms with van der Waals surface area (Å²) in [5, 5.41) is 4.98. The van der Waals surface area contributed by atoms with E-state index in [1.54, 1.807) is 29.5 Å². The van der Waals surface area contributed by atoms with E-state index in [4.69, 9.17) is 0 Å². The van der Waals surface area contributed by atoms with Crippen LogP contribution in [0.25, 0.3) is 0 Å². The molecule has 0 fully saturated rings. The first-order chi connectivity index (χ1) is 10.1. The molecular weight excluding hydrogens is 304 g/mol. The number of thiophene rings is 1. The molecule has 0 spiro atoms. The van der Waals surface area contributed by atoms with E-state index < -0.39 is 10.0 Å². The lowest BCUT2D eigenvalue weighted by Gasteiger charge is -2.16. The van der Waals surface area contributed by atoms with E-state index in [2.05, 4.69) is 10.0 Å². The minimum absolute atomic E-state index is 0.178. The molecule has 4 nitrogen and oxygen atoms in total. The molecular formula is C15H20N2O2S2. The minimum atomic E-state index is -3.51. The zero-order valence-corrected chi connectivity index (χ0v) is 13.8. The van der Waals surface area contributed by atoms with E-state index in [1.165, 1.54) is 0 Å². The third-order valence-electron chi connectivity index (χ3n) is 3.18. The summed E-state index contributed by atoms with van der Waals surface area (Å²) in [6.45, 7) is 2.62. The van der Waals surface area contributed by atoms with Crippen LogP contribution in [-0.4, -0.2) is 15.5 Å². The number of hydrogen-bond acceptors (Lipinski definition) is 4. The van der Waals surface area contributed by atoms with Crippen molar-refractivity contribution in [3.8, 4) is 0 Å². The van der Waals surface area contributed by atoms with Gasteiger partial charge in [-0.05, 0) is 42.6 Å². The SMILES string of the molecule is CCC(NS(=O)(=O)c1cccc(CNC)c1)c1cccs1. The fourth-order valence-electron chi connectivity index (χ4n) is 2.11. The van der Waals surface area contributed by atoms with Gasteiger partial charge in [0.25, 0.3) is 0 Å². The molecule has 114 valence electrons. The lowest BCUT2D eigenvalue weighted by Crippen LogP contribution is -2.28. The minimum Gasteiger partial charge on any atom is -0.316 e. The summed E-state index contributed by atoms with van der Waals surface area (Å²) in [6, 6.07) is 10.7. The van der Waals surface area contributed by atoms with Gasteiger partial charge in [-0.2, -0.15) is 0 Å². The average molecular weight is 324 g/mol. The Kier molecular flexibility index (Phi) is 5.52. The van der Waals surface area contributed by atoms with E-state index in [0.717, 1.165) is 16.9 Å². The van der Waals surface area contributed by atoms with Crippen LogP contribution in [0.3, 0.4) is 0 Å². The molecule has 2 aromatic rings. The Morgan fingerprint density at radius 1 is 1.24 bits per heavy atom. The molecule has 1 aromatic heterocycles. The van der Waals surface area contributed by atoms with E-state index in [-0.39, 0.29) is 6.04 Å². The number of sulfonamides is 1. The zero-order chi connectivity index (χ0) is 15.3. The highest BCUT2D eigenvalue weighted by atomic mass is 32.2. The topological polar surface area (TPSA) is 58.2 Å². The first-order valence-electron chi connectivity index (χ1n) is 6.86. The highest BCUT2D eigenvalue weighted by Gasteiger charge is 2.21. The average Bonchev–Trinajstić information content (AvgIpc) is 2.99. The van der Waals surface area contributed by atoms with E-state index in [1.807, 2.05) is 37.6 Å². The first kappa shape index (κ1) is 16.2. The molecule has 0 amide bonds. The Labute approximate surface area is 130 Å². The lowest BCUT2D eigenvalue weighted by atomic mass is 10.2. The van der Waals surface area contributed by atoms with E-state index in [0.29, 0.717) is 11.4 Å². The van der Waals surface area contributed by atoms with Crippen LogP contribution >= 0.6 is 11.3 Å². The standard InChI is InChI=1S/C15H20N2O2S2/c1-3-14(15-8-5-9-20-15)17-21(18,19)13-7-4-6-12(10-13)11-16-2/h4-10,14,16-17H,3,11H2,1-2H3. The molecule has 0 bridgehead atoms. The summed E-state index contributed by atoms with van der Waals surface area (Å²) >= 11 is 1.57. The molecule has 1 heterocycles. The maximum atomic E-state index is 12.5. The molecule has 21 heavy (non-hydrogen) atoms. The molecule has 1 aromatic carbocycles. The van der Waals surface area contributed by atoms with Crippen molar-refractivity contribution in [2.45, 2.75) is 30.8 Å². The van der Waals surface area contributed by atoms with Gasteiger partial charge < -0.3 is 5.32 Å². The zero-order valence-electron chi connectivity index (χ0n) is 12.2. The fourth-order valence-corrected chi connectivity index (χ4v) is 4.42. The molecule has 0 radical (unpaired) electrons. The number of hydrogen-bond donors (Lipinski definition) is 2. The van der Waals surface area contributed by atoms with Crippen LogP contribution in [0.5, 0.6) is 0 Å². The van der Waals surface area contributed by atoms with Gasteiger partial charge in [0.05, 0.1) is 10.9 Å². The lowest BCUT2D eigenvalue weighted by molar-refractivity contribution is 0.553. The van der Waals surface area contributed by atoms with E-state index >= 15 is 0 Å². The van der Waals surface area contributed by atoms with Crippen molar-refractivity contribution in [2.75, 3.05) is 7.05 Å². The van der Waals surface area contributed by atoms with Crippen molar-refractivity contribution in [1.82, 2.24) is 10.0 Å². The molecule has 1 unspecified atom stereocenters. The van der Waals surface area contributed by atoms with Gasteiger partial charge in [-0.3, -0.25) is 0 Å². The van der Waals surface area contributed by atoms with Crippen molar-refractivity contribution < 1.29 is 8.42 Å². The first-order valence-corrected chi connectivity index (χ1v) is 9.22. The Hall–Kier alpha value is -1.21. The Bertz CT molecular complexity index is 667. The van der Waals surface area contributed by atoms with Crippen molar-refractivity contribution in [1.29, 1.82) is 0 Å². The highest BCUT2D eigenvalue weighted by Crippen LogP contribution is 2.24. The number of nitrogens with one attached hydrogen (secondary N) is 2. The van der Waals surface area contributed by atoms with Crippen molar-refractivity contribution >= 4 is 21.4 Å². The Balaban J connectivity index is 2.23. The normalized spacial score (nSPS) is 13.2. The van der Waals surface area contributed by atoms with Crippen LogP contribution in [-0.2, 0) is 16.6 Å². The summed E-state index contributed by atoms with van der Waals surface area (Å²) in [6.07, 6.45) is 0.718. The third kappa shape index (κ3) is 4.14. The van der Waals surface area contributed by atoms with Gasteiger partial charge in [0.15, 0.2) is 0 Å². The second-order valence-electron chi connectivity index (χ2n) is 4.78. The predicted molar refractivity (Wildman–Crippen MR) is 86.9 cm³/mol. The molecule has 0 aliphatic heterocycles. The molecule has 0 aliphatic rings. The van der Waals surface area contributed by atoms with Gasteiger partial charge in [-0.1, -0.05) is 25.1 Å². The second kappa shape index (κ2) is 7.17. The number of benzene rings is 1. The number of rotatable bonds is 7. The summed E-state index contributed by atoms with van der Waals surface area (Å²) in [5.74, 6) is 0. The summed E-state index contributed by atoms with van der Waals surface area (Å²) in [7, 11) is -1.67. The second-order valence-corrected chi connectivity index (χ2v) is 7.47. The summed E-state index contributed by atoms with van der Waals surface area (Å²) in [4.78, 5) is 1.35. The smallest absolute Gasteiger partial charge is 0.241 e. The monoisotopic (exact) mass is 324 g/mol. The third-order valence-corrected chi connectivity index (χ3v) is 5.64. The van der Waals surface area contributed by atoms with Crippen LogP contribution in [0.1, 0.15) is 29.8 Å². The van der Waals surface area contributed by atoms with Crippen LogP contribution in [0.4, 0.5) is 0 Å². The molecule has 2 rings (SSSR count). The summed E-state index contributed by atoms with van der Waals surface area (Å²) in [5.41, 5.74) is 0.949. The van der Waals surface area contributed by atoms with Crippen LogP contribution < -0.4 is 10.0 Å². The molecule has 2 N–H and O–H groups in total. The van der Waals surface area contributed by atoms with Crippen LogP contribution in [0.15, 0.2) is 46.7 Å². The largest absolute Gasteiger partial charge is 0.316 e. The maximum Gasteiger partial charge on any atom is 0.241 e. The fraction of sp³-hybridized carbons (Fsp3) is 0.333. The van der Waals surface area contributed by atoms with Gasteiger partial charge in [0, 0.05) is 11.4 Å². The summed E-state index contributed by atoms with van der Waals surface area (Å²) < 4.78 is 27.8. The van der Waals surface area contributed by atoms with Crippen molar-refractivity contribution in [2.24, 2.45) is 0 Å².